The molecule has 1 unspecified atom stereocenters. The van der Waals surface area contributed by atoms with Gasteiger partial charge in [-0.15, -0.1) is 11.3 Å². The Labute approximate surface area is 110 Å². The van der Waals surface area contributed by atoms with Crippen molar-refractivity contribution >= 4 is 22.0 Å². The molecule has 18 heavy (non-hydrogen) atoms. The Morgan fingerprint density at radius 2 is 2.11 bits per heavy atom. The second-order valence-electron chi connectivity index (χ2n) is 3.47. The summed E-state index contributed by atoms with van der Waals surface area (Å²) in [6, 6.07) is 3.96. The van der Waals surface area contributed by atoms with Gasteiger partial charge in [0.25, 0.3) is 0 Å². The van der Waals surface area contributed by atoms with E-state index in [1.807, 2.05) is 12.1 Å². The first-order valence-electron chi connectivity index (χ1n) is 5.16. The van der Waals surface area contributed by atoms with Gasteiger partial charge in [-0.2, -0.15) is 10.5 Å². The number of nitrogen functional groups attached to an aromatic ring is 1. The van der Waals surface area contributed by atoms with Crippen LogP contribution < -0.4 is 11.1 Å². The summed E-state index contributed by atoms with van der Waals surface area (Å²) in [7, 11) is 3.17. The van der Waals surface area contributed by atoms with Crippen LogP contribution >= 0.6 is 11.3 Å². The minimum Gasteiger partial charge on any atom is -0.396 e. The second kappa shape index (κ2) is 6.82. The zero-order valence-corrected chi connectivity index (χ0v) is 11.0. The monoisotopic (exact) mass is 266 g/mol. The minimum atomic E-state index is -0.129. The number of methoxy groups -OCH3 is 2. The lowest BCUT2D eigenvalue weighted by molar-refractivity contribution is 0.0366. The fourth-order valence-electron chi connectivity index (χ4n) is 1.37. The van der Waals surface area contributed by atoms with Crippen LogP contribution in [0.1, 0.15) is 10.4 Å². The number of nitrogens with one attached hydrogen (secondary N) is 1. The average Bonchev–Trinajstić information content (AvgIpc) is 2.70. The first kappa shape index (κ1) is 14.3. The van der Waals surface area contributed by atoms with E-state index in [9.17, 15) is 0 Å². The molecular formula is C11H14N4O2S. The van der Waals surface area contributed by atoms with Crippen LogP contribution in [-0.4, -0.2) is 33.5 Å². The summed E-state index contributed by atoms with van der Waals surface area (Å²) in [6.45, 7) is 0.918. The molecule has 0 fully saturated rings. The Balaban J connectivity index is 2.79. The summed E-state index contributed by atoms with van der Waals surface area (Å²) in [5, 5.41) is 21.5. The highest BCUT2D eigenvalue weighted by Gasteiger charge is 2.16. The molecule has 0 saturated heterocycles. The van der Waals surface area contributed by atoms with Crippen molar-refractivity contribution in [3.63, 3.8) is 0 Å². The van der Waals surface area contributed by atoms with Crippen LogP contribution in [0.3, 0.4) is 0 Å². The third kappa shape index (κ3) is 3.11. The molecule has 1 atom stereocenters. The molecule has 0 bridgehead atoms. The van der Waals surface area contributed by atoms with E-state index >= 15 is 0 Å². The number of thiophene rings is 1. The molecule has 1 aromatic rings. The molecule has 0 aromatic carbocycles. The molecular weight excluding hydrogens is 252 g/mol. The summed E-state index contributed by atoms with van der Waals surface area (Å²) >= 11 is 1.17. The highest BCUT2D eigenvalue weighted by molar-refractivity contribution is 7.17. The molecule has 6 nitrogen and oxygen atoms in total. The first-order chi connectivity index (χ1) is 8.67. The van der Waals surface area contributed by atoms with E-state index in [0.29, 0.717) is 28.6 Å². The lowest BCUT2D eigenvalue weighted by Crippen LogP contribution is -2.26. The molecule has 96 valence electrons. The van der Waals surface area contributed by atoms with Crippen molar-refractivity contribution in [2.45, 2.75) is 6.10 Å². The van der Waals surface area contributed by atoms with Crippen LogP contribution in [-0.2, 0) is 9.47 Å². The van der Waals surface area contributed by atoms with Gasteiger partial charge in [0.1, 0.15) is 27.6 Å². The normalized spacial score (nSPS) is 11.6. The Morgan fingerprint density at radius 1 is 1.39 bits per heavy atom. The zero-order valence-electron chi connectivity index (χ0n) is 10.2. The number of nitriles is 2. The lowest BCUT2D eigenvalue weighted by atomic mass is 10.2. The van der Waals surface area contributed by atoms with Crippen molar-refractivity contribution in [1.29, 1.82) is 10.5 Å². The smallest absolute Gasteiger partial charge is 0.131 e. The Morgan fingerprint density at radius 3 is 2.61 bits per heavy atom. The van der Waals surface area contributed by atoms with E-state index in [1.165, 1.54) is 11.3 Å². The molecule has 0 spiro atoms. The van der Waals surface area contributed by atoms with Gasteiger partial charge in [0, 0.05) is 20.8 Å². The highest BCUT2D eigenvalue weighted by atomic mass is 32.1. The van der Waals surface area contributed by atoms with E-state index in [-0.39, 0.29) is 11.8 Å². The zero-order chi connectivity index (χ0) is 13.5. The van der Waals surface area contributed by atoms with Crippen LogP contribution in [0, 0.1) is 22.7 Å². The van der Waals surface area contributed by atoms with E-state index in [4.69, 9.17) is 25.7 Å². The number of nitrogens with zero attached hydrogens (tertiary/aromatic N) is 2. The van der Waals surface area contributed by atoms with Gasteiger partial charge < -0.3 is 20.5 Å². The average molecular weight is 266 g/mol. The van der Waals surface area contributed by atoms with Crippen LogP contribution in [0.2, 0.25) is 0 Å². The molecule has 1 rings (SSSR count). The van der Waals surface area contributed by atoms with E-state index < -0.39 is 0 Å². The predicted molar refractivity (Wildman–Crippen MR) is 69.3 cm³/mol. The number of nitrogens with two attached hydrogens (primary N) is 1. The van der Waals surface area contributed by atoms with E-state index in [1.54, 1.807) is 14.2 Å². The first-order valence-corrected chi connectivity index (χ1v) is 5.97. The van der Waals surface area contributed by atoms with Crippen molar-refractivity contribution < 1.29 is 9.47 Å². The maximum Gasteiger partial charge on any atom is 0.131 e. The summed E-state index contributed by atoms with van der Waals surface area (Å²) in [5.74, 6) is 0. The standard InChI is InChI=1S/C11H14N4O2S/c1-16-6-7(17-2)5-15-11-8(3-12)10(14)9(4-13)18-11/h7,15H,5-6,14H2,1-2H3. The number of hydrogen-bond acceptors (Lipinski definition) is 7. The number of hydrogen-bond donors (Lipinski definition) is 2. The van der Waals surface area contributed by atoms with Crippen molar-refractivity contribution in [1.82, 2.24) is 0 Å². The van der Waals surface area contributed by atoms with Gasteiger partial charge in [-0.05, 0) is 0 Å². The maximum atomic E-state index is 9.01. The molecule has 1 heterocycles. The van der Waals surface area contributed by atoms with Gasteiger partial charge in [0.05, 0.1) is 18.4 Å². The lowest BCUT2D eigenvalue weighted by Gasteiger charge is -2.14. The highest BCUT2D eigenvalue weighted by Crippen LogP contribution is 2.34. The largest absolute Gasteiger partial charge is 0.396 e. The number of rotatable bonds is 6. The van der Waals surface area contributed by atoms with Crippen LogP contribution in [0.5, 0.6) is 0 Å². The van der Waals surface area contributed by atoms with Crippen LogP contribution in [0.25, 0.3) is 0 Å². The maximum absolute atomic E-state index is 9.01. The van der Waals surface area contributed by atoms with Crippen molar-refractivity contribution in [3.8, 4) is 12.1 Å². The number of ether oxygens (including phenoxy) is 2. The quantitative estimate of drug-likeness (QED) is 0.800. The van der Waals surface area contributed by atoms with Crippen molar-refractivity contribution in [2.75, 3.05) is 38.4 Å². The third-order valence-electron chi connectivity index (χ3n) is 2.33. The summed E-state index contributed by atoms with van der Waals surface area (Å²) in [4.78, 5) is 0.342. The van der Waals surface area contributed by atoms with Crippen molar-refractivity contribution in [2.24, 2.45) is 0 Å². The van der Waals surface area contributed by atoms with Gasteiger partial charge >= 0.3 is 0 Å². The second-order valence-corrected chi connectivity index (χ2v) is 4.49. The summed E-state index contributed by atoms with van der Waals surface area (Å²) < 4.78 is 10.2. The van der Waals surface area contributed by atoms with Crippen LogP contribution in [0.4, 0.5) is 10.7 Å². The third-order valence-corrected chi connectivity index (χ3v) is 3.40. The fraction of sp³-hybridized carbons (Fsp3) is 0.455. The molecule has 0 radical (unpaired) electrons. The van der Waals surface area contributed by atoms with Gasteiger partial charge in [0.15, 0.2) is 0 Å². The van der Waals surface area contributed by atoms with Crippen molar-refractivity contribution in [3.05, 3.63) is 10.4 Å². The topological polar surface area (TPSA) is 104 Å². The Kier molecular flexibility index (Phi) is 5.40. The molecule has 7 heteroatoms. The fourth-order valence-corrected chi connectivity index (χ4v) is 2.24. The number of anilines is 2. The Bertz CT molecular complexity index is 486. The van der Waals surface area contributed by atoms with Gasteiger partial charge in [0.2, 0.25) is 0 Å². The SMILES string of the molecule is COCC(CNc1sc(C#N)c(N)c1C#N)OC. The minimum absolute atomic E-state index is 0.129. The predicted octanol–water partition coefficient (Wildman–Crippen LogP) is 1.15. The van der Waals surface area contributed by atoms with Gasteiger partial charge in [-0.1, -0.05) is 0 Å². The van der Waals surface area contributed by atoms with Gasteiger partial charge in [-0.25, -0.2) is 0 Å². The van der Waals surface area contributed by atoms with Crippen LogP contribution in [0.15, 0.2) is 0 Å². The van der Waals surface area contributed by atoms with E-state index in [2.05, 4.69) is 5.32 Å². The molecule has 3 N–H and O–H groups in total. The molecule has 0 amide bonds. The molecule has 1 aromatic heterocycles. The Hall–Kier alpha value is -1.80. The molecule has 0 aliphatic rings. The molecule has 0 saturated carbocycles. The molecule has 0 aliphatic carbocycles. The van der Waals surface area contributed by atoms with E-state index in [0.717, 1.165) is 0 Å². The van der Waals surface area contributed by atoms with Gasteiger partial charge in [-0.3, -0.25) is 0 Å². The summed E-state index contributed by atoms with van der Waals surface area (Å²) in [5.41, 5.74) is 6.23. The molecule has 0 aliphatic heterocycles. The summed E-state index contributed by atoms with van der Waals surface area (Å²) in [6.07, 6.45) is -0.129.